The van der Waals surface area contributed by atoms with Crippen LogP contribution in [0.3, 0.4) is 0 Å². The molecule has 0 amide bonds. The first-order valence-corrected chi connectivity index (χ1v) is 10.1. The normalized spacial score (nSPS) is 22.5. The SMILES string of the molecule is CN=C(NCC1CCc2nnc(C)n2C1)NC1CCN(CC(C)C)CC1. The topological polar surface area (TPSA) is 70.4 Å². The number of aromatic nitrogens is 3. The maximum Gasteiger partial charge on any atom is 0.191 e. The Balaban J connectivity index is 1.41. The van der Waals surface area contributed by atoms with E-state index in [4.69, 9.17) is 0 Å². The van der Waals surface area contributed by atoms with Gasteiger partial charge in [-0.05, 0) is 38.0 Å². The summed E-state index contributed by atoms with van der Waals surface area (Å²) in [4.78, 5) is 7.02. The highest BCUT2D eigenvalue weighted by atomic mass is 15.3. The van der Waals surface area contributed by atoms with Crippen molar-refractivity contribution in [3.05, 3.63) is 11.6 Å². The van der Waals surface area contributed by atoms with E-state index in [1.54, 1.807) is 0 Å². The number of nitrogens with zero attached hydrogens (tertiary/aromatic N) is 5. The Morgan fingerprint density at radius 3 is 2.69 bits per heavy atom. The summed E-state index contributed by atoms with van der Waals surface area (Å²) in [6, 6.07) is 0.530. The standard InChI is InChI=1S/C19H35N7/c1-14(2)12-25-9-7-17(8-10-25)22-19(20-4)21-11-16-5-6-18-24-23-15(3)26(18)13-16/h14,16-17H,5-13H2,1-4H3,(H2,20,21,22). The average molecular weight is 362 g/mol. The van der Waals surface area contributed by atoms with E-state index in [2.05, 4.69) is 49.1 Å². The second-order valence-corrected chi connectivity index (χ2v) is 8.24. The molecule has 0 aliphatic carbocycles. The fraction of sp³-hybridized carbons (Fsp3) is 0.842. The van der Waals surface area contributed by atoms with Crippen molar-refractivity contribution in [2.75, 3.05) is 33.2 Å². The fourth-order valence-corrected chi connectivity index (χ4v) is 4.10. The molecule has 146 valence electrons. The number of aryl methyl sites for hydroxylation is 2. The molecule has 1 atom stereocenters. The first-order chi connectivity index (χ1) is 12.5. The van der Waals surface area contributed by atoms with Crippen LogP contribution in [-0.4, -0.2) is 64.9 Å². The van der Waals surface area contributed by atoms with Crippen LogP contribution in [0.5, 0.6) is 0 Å². The van der Waals surface area contributed by atoms with Gasteiger partial charge in [-0.3, -0.25) is 4.99 Å². The van der Waals surface area contributed by atoms with E-state index in [0.717, 1.165) is 49.5 Å². The maximum atomic E-state index is 4.44. The van der Waals surface area contributed by atoms with Crippen molar-refractivity contribution in [1.29, 1.82) is 0 Å². The smallest absolute Gasteiger partial charge is 0.191 e. The first kappa shape index (κ1) is 19.1. The van der Waals surface area contributed by atoms with Crippen LogP contribution in [0.15, 0.2) is 4.99 Å². The minimum Gasteiger partial charge on any atom is -0.356 e. The molecule has 1 aromatic heterocycles. The summed E-state index contributed by atoms with van der Waals surface area (Å²) in [5, 5.41) is 15.6. The molecule has 7 heteroatoms. The van der Waals surface area contributed by atoms with Gasteiger partial charge in [0.05, 0.1) is 0 Å². The molecule has 1 aromatic rings. The largest absolute Gasteiger partial charge is 0.356 e. The zero-order chi connectivity index (χ0) is 18.5. The van der Waals surface area contributed by atoms with Crippen LogP contribution >= 0.6 is 0 Å². The Morgan fingerprint density at radius 2 is 2.00 bits per heavy atom. The van der Waals surface area contributed by atoms with Gasteiger partial charge in [0.1, 0.15) is 11.6 Å². The predicted molar refractivity (Wildman–Crippen MR) is 105 cm³/mol. The Kier molecular flexibility index (Phi) is 6.51. The molecular formula is C19H35N7. The van der Waals surface area contributed by atoms with E-state index < -0.39 is 0 Å². The second kappa shape index (κ2) is 8.84. The predicted octanol–water partition coefficient (Wildman–Crippen LogP) is 1.43. The molecule has 26 heavy (non-hydrogen) atoms. The molecule has 3 heterocycles. The van der Waals surface area contributed by atoms with Crippen LogP contribution in [0, 0.1) is 18.8 Å². The van der Waals surface area contributed by atoms with Crippen LogP contribution in [0.25, 0.3) is 0 Å². The van der Waals surface area contributed by atoms with E-state index in [9.17, 15) is 0 Å². The molecule has 2 aliphatic rings. The molecule has 2 aliphatic heterocycles. The van der Waals surface area contributed by atoms with Gasteiger partial charge < -0.3 is 20.1 Å². The third-order valence-electron chi connectivity index (χ3n) is 5.56. The highest BCUT2D eigenvalue weighted by Crippen LogP contribution is 2.19. The number of nitrogens with one attached hydrogen (secondary N) is 2. The summed E-state index contributed by atoms with van der Waals surface area (Å²) < 4.78 is 2.26. The van der Waals surface area contributed by atoms with Gasteiger partial charge in [-0.2, -0.15) is 0 Å². The fourth-order valence-electron chi connectivity index (χ4n) is 4.10. The molecule has 0 bridgehead atoms. The lowest BCUT2D eigenvalue weighted by atomic mass is 9.99. The summed E-state index contributed by atoms with van der Waals surface area (Å²) in [5.74, 6) is 4.45. The lowest BCUT2D eigenvalue weighted by Gasteiger charge is -2.34. The van der Waals surface area contributed by atoms with Gasteiger partial charge in [-0.15, -0.1) is 10.2 Å². The van der Waals surface area contributed by atoms with Crippen molar-refractivity contribution < 1.29 is 0 Å². The molecular weight excluding hydrogens is 326 g/mol. The van der Waals surface area contributed by atoms with Crippen molar-refractivity contribution in [2.24, 2.45) is 16.8 Å². The van der Waals surface area contributed by atoms with Crippen molar-refractivity contribution in [3.63, 3.8) is 0 Å². The Labute approximate surface area is 157 Å². The van der Waals surface area contributed by atoms with Crippen LogP contribution in [0.1, 0.15) is 44.8 Å². The number of hydrogen-bond acceptors (Lipinski definition) is 4. The summed E-state index contributed by atoms with van der Waals surface area (Å²) in [6.45, 7) is 12.2. The van der Waals surface area contributed by atoms with Crippen molar-refractivity contribution in [3.8, 4) is 0 Å². The second-order valence-electron chi connectivity index (χ2n) is 8.24. The van der Waals surface area contributed by atoms with Gasteiger partial charge in [-0.1, -0.05) is 13.8 Å². The quantitative estimate of drug-likeness (QED) is 0.613. The van der Waals surface area contributed by atoms with Crippen LogP contribution < -0.4 is 10.6 Å². The molecule has 1 unspecified atom stereocenters. The summed E-state index contributed by atoms with van der Waals surface area (Å²) in [5.41, 5.74) is 0. The van der Waals surface area contributed by atoms with Crippen LogP contribution in [0.2, 0.25) is 0 Å². The van der Waals surface area contributed by atoms with Crippen molar-refractivity contribution in [2.45, 2.75) is 59.0 Å². The van der Waals surface area contributed by atoms with Gasteiger partial charge in [0, 0.05) is 52.2 Å². The third kappa shape index (κ3) is 4.96. The number of piperidine rings is 1. The average Bonchev–Trinajstić information content (AvgIpc) is 3.00. The Bertz CT molecular complexity index is 599. The Hall–Kier alpha value is -1.63. The van der Waals surface area contributed by atoms with Gasteiger partial charge in [0.2, 0.25) is 0 Å². The molecule has 1 saturated heterocycles. The minimum atomic E-state index is 0.530. The molecule has 0 aromatic carbocycles. The zero-order valence-electron chi connectivity index (χ0n) is 16.8. The van der Waals surface area contributed by atoms with Crippen LogP contribution in [0.4, 0.5) is 0 Å². The van der Waals surface area contributed by atoms with Gasteiger partial charge >= 0.3 is 0 Å². The molecule has 2 N–H and O–H groups in total. The van der Waals surface area contributed by atoms with E-state index in [1.807, 2.05) is 14.0 Å². The van der Waals surface area contributed by atoms with Gasteiger partial charge in [0.25, 0.3) is 0 Å². The van der Waals surface area contributed by atoms with E-state index in [1.165, 1.54) is 32.5 Å². The molecule has 0 radical (unpaired) electrons. The summed E-state index contributed by atoms with van der Waals surface area (Å²) in [7, 11) is 1.87. The van der Waals surface area contributed by atoms with Crippen LogP contribution in [-0.2, 0) is 13.0 Å². The lowest BCUT2D eigenvalue weighted by Crippen LogP contribution is -2.50. The number of guanidine groups is 1. The highest BCUT2D eigenvalue weighted by Gasteiger charge is 2.23. The van der Waals surface area contributed by atoms with Gasteiger partial charge in [-0.25, -0.2) is 0 Å². The number of aliphatic imine (C=N–C) groups is 1. The zero-order valence-corrected chi connectivity index (χ0v) is 16.8. The monoisotopic (exact) mass is 361 g/mol. The summed E-state index contributed by atoms with van der Waals surface area (Å²) in [6.07, 6.45) is 4.57. The van der Waals surface area contributed by atoms with Gasteiger partial charge in [0.15, 0.2) is 5.96 Å². The molecule has 3 rings (SSSR count). The first-order valence-electron chi connectivity index (χ1n) is 10.1. The van der Waals surface area contributed by atoms with E-state index in [0.29, 0.717) is 12.0 Å². The number of likely N-dealkylation sites (tertiary alicyclic amines) is 1. The number of rotatable bonds is 5. The lowest BCUT2D eigenvalue weighted by molar-refractivity contribution is 0.186. The van der Waals surface area contributed by atoms with E-state index in [-0.39, 0.29) is 0 Å². The van der Waals surface area contributed by atoms with E-state index >= 15 is 0 Å². The highest BCUT2D eigenvalue weighted by molar-refractivity contribution is 5.79. The number of fused-ring (bicyclic) bond motifs is 1. The maximum absolute atomic E-state index is 4.44. The molecule has 1 fully saturated rings. The Morgan fingerprint density at radius 1 is 1.23 bits per heavy atom. The minimum absolute atomic E-state index is 0.530. The summed E-state index contributed by atoms with van der Waals surface area (Å²) >= 11 is 0. The van der Waals surface area contributed by atoms with Crippen molar-refractivity contribution in [1.82, 2.24) is 30.3 Å². The van der Waals surface area contributed by atoms with Crippen molar-refractivity contribution >= 4 is 5.96 Å². The number of hydrogen-bond donors (Lipinski definition) is 2. The molecule has 0 spiro atoms. The molecule has 0 saturated carbocycles. The third-order valence-corrected chi connectivity index (χ3v) is 5.56. The molecule has 7 nitrogen and oxygen atoms in total.